The Morgan fingerprint density at radius 2 is 1.95 bits per heavy atom. The quantitative estimate of drug-likeness (QED) is 0.926. The van der Waals surface area contributed by atoms with E-state index in [0.717, 1.165) is 18.4 Å². The lowest BCUT2D eigenvalue weighted by molar-refractivity contribution is 0.560. The Kier molecular flexibility index (Phi) is 3.33. The Bertz CT molecular complexity index is 791. The summed E-state index contributed by atoms with van der Waals surface area (Å²) in [4.78, 5) is 0. The van der Waals surface area contributed by atoms with Gasteiger partial charge in [-0.2, -0.15) is 0 Å². The van der Waals surface area contributed by atoms with E-state index >= 15 is 0 Å². The van der Waals surface area contributed by atoms with Crippen LogP contribution in [0, 0.1) is 13.8 Å². The smallest absolute Gasteiger partial charge is 0.273 e. The Morgan fingerprint density at radius 3 is 2.52 bits per heavy atom. The van der Waals surface area contributed by atoms with Crippen molar-refractivity contribution in [1.29, 1.82) is 0 Å². The molecule has 1 saturated carbocycles. The molecule has 0 aliphatic heterocycles. The number of aromatic nitrogens is 3. The number of aryl methyl sites for hydroxylation is 2. The van der Waals surface area contributed by atoms with Crippen molar-refractivity contribution in [2.24, 2.45) is 5.14 Å². The highest BCUT2D eigenvalue weighted by atomic mass is 32.2. The fraction of sp³-hybridized carbons (Fsp3) is 0.429. The average molecular weight is 306 g/mol. The molecule has 1 fully saturated rings. The molecule has 2 N–H and O–H groups in total. The number of hydrogen-bond donors (Lipinski definition) is 1. The molecule has 0 radical (unpaired) electrons. The zero-order chi connectivity index (χ0) is 15.2. The molecule has 0 unspecified atom stereocenters. The Labute approximate surface area is 124 Å². The standard InChI is InChI=1S/C14H18N4O2S/c1-9-3-4-11(7-10(9)2)8-13-16-17-14(21(15,19)20)18(13)12-5-6-12/h3-4,7,12H,5-6,8H2,1-2H3,(H2,15,19,20). The minimum Gasteiger partial charge on any atom is -0.297 e. The van der Waals surface area contributed by atoms with Crippen molar-refractivity contribution in [3.63, 3.8) is 0 Å². The summed E-state index contributed by atoms with van der Waals surface area (Å²) in [6, 6.07) is 6.35. The van der Waals surface area contributed by atoms with Gasteiger partial charge in [0, 0.05) is 12.5 Å². The molecule has 0 bridgehead atoms. The van der Waals surface area contributed by atoms with Gasteiger partial charge in [-0.15, -0.1) is 10.2 Å². The zero-order valence-electron chi connectivity index (χ0n) is 12.1. The van der Waals surface area contributed by atoms with E-state index in [0.29, 0.717) is 12.2 Å². The SMILES string of the molecule is Cc1ccc(Cc2nnc(S(N)(=O)=O)n2C2CC2)cc1C. The van der Waals surface area contributed by atoms with Gasteiger partial charge in [-0.05, 0) is 43.4 Å². The maximum Gasteiger partial charge on any atom is 0.273 e. The molecule has 2 aromatic rings. The van der Waals surface area contributed by atoms with Gasteiger partial charge in [0.15, 0.2) is 0 Å². The maximum atomic E-state index is 11.6. The largest absolute Gasteiger partial charge is 0.297 e. The van der Waals surface area contributed by atoms with E-state index < -0.39 is 10.0 Å². The average Bonchev–Trinajstić information content (AvgIpc) is 3.14. The lowest BCUT2D eigenvalue weighted by Crippen LogP contribution is -2.19. The highest BCUT2D eigenvalue weighted by Gasteiger charge is 2.33. The van der Waals surface area contributed by atoms with Gasteiger partial charge in [0.1, 0.15) is 5.82 Å². The first-order valence-electron chi connectivity index (χ1n) is 6.89. The van der Waals surface area contributed by atoms with Gasteiger partial charge >= 0.3 is 0 Å². The Hall–Kier alpha value is -1.73. The van der Waals surface area contributed by atoms with Crippen molar-refractivity contribution >= 4 is 10.0 Å². The van der Waals surface area contributed by atoms with Gasteiger partial charge in [-0.3, -0.25) is 4.57 Å². The van der Waals surface area contributed by atoms with Crippen LogP contribution in [-0.4, -0.2) is 23.2 Å². The van der Waals surface area contributed by atoms with E-state index in [4.69, 9.17) is 5.14 Å². The van der Waals surface area contributed by atoms with Gasteiger partial charge in [0.2, 0.25) is 0 Å². The molecule has 1 aliphatic carbocycles. The van der Waals surface area contributed by atoms with Crippen LogP contribution in [-0.2, 0) is 16.4 Å². The fourth-order valence-electron chi connectivity index (χ4n) is 2.42. The molecule has 0 saturated heterocycles. The van der Waals surface area contributed by atoms with Crippen LogP contribution in [0.15, 0.2) is 23.4 Å². The molecule has 1 aliphatic rings. The number of benzene rings is 1. The van der Waals surface area contributed by atoms with E-state index in [-0.39, 0.29) is 11.2 Å². The molecule has 0 amide bonds. The minimum absolute atomic E-state index is 0.121. The first-order chi connectivity index (χ1) is 9.86. The van der Waals surface area contributed by atoms with Crippen molar-refractivity contribution in [2.75, 3.05) is 0 Å². The van der Waals surface area contributed by atoms with Crippen molar-refractivity contribution in [1.82, 2.24) is 14.8 Å². The molecule has 112 valence electrons. The van der Waals surface area contributed by atoms with Crippen LogP contribution in [0.5, 0.6) is 0 Å². The second-order valence-corrected chi connectivity index (χ2v) is 7.10. The predicted octanol–water partition coefficient (Wildman–Crippen LogP) is 1.47. The maximum absolute atomic E-state index is 11.6. The highest BCUT2D eigenvalue weighted by Crippen LogP contribution is 2.37. The van der Waals surface area contributed by atoms with E-state index in [1.54, 1.807) is 4.57 Å². The number of hydrogen-bond acceptors (Lipinski definition) is 4. The van der Waals surface area contributed by atoms with Crippen molar-refractivity contribution in [3.05, 3.63) is 40.7 Å². The summed E-state index contributed by atoms with van der Waals surface area (Å²) < 4.78 is 24.9. The number of primary sulfonamides is 1. The summed E-state index contributed by atoms with van der Waals surface area (Å²) in [7, 11) is -3.84. The first-order valence-corrected chi connectivity index (χ1v) is 8.43. The molecule has 1 aromatic heterocycles. The van der Waals surface area contributed by atoms with Crippen LogP contribution in [0.3, 0.4) is 0 Å². The summed E-state index contributed by atoms with van der Waals surface area (Å²) in [5.41, 5.74) is 3.53. The van der Waals surface area contributed by atoms with Crippen molar-refractivity contribution in [2.45, 2.75) is 44.3 Å². The fourth-order valence-corrected chi connectivity index (χ4v) is 3.10. The van der Waals surface area contributed by atoms with E-state index in [2.05, 4.69) is 36.2 Å². The lowest BCUT2D eigenvalue weighted by atomic mass is 10.0. The van der Waals surface area contributed by atoms with Crippen molar-refractivity contribution in [3.8, 4) is 0 Å². The number of sulfonamides is 1. The van der Waals surface area contributed by atoms with Gasteiger partial charge in [0.25, 0.3) is 15.2 Å². The van der Waals surface area contributed by atoms with Crippen LogP contribution >= 0.6 is 0 Å². The van der Waals surface area contributed by atoms with Crippen molar-refractivity contribution < 1.29 is 8.42 Å². The Morgan fingerprint density at radius 1 is 1.24 bits per heavy atom. The van der Waals surface area contributed by atoms with E-state index in [1.807, 2.05) is 6.07 Å². The lowest BCUT2D eigenvalue weighted by Gasteiger charge is -2.09. The Balaban J connectivity index is 1.99. The minimum atomic E-state index is -3.84. The van der Waals surface area contributed by atoms with Crippen LogP contribution in [0.4, 0.5) is 0 Å². The third kappa shape index (κ3) is 2.84. The number of nitrogens with zero attached hydrogens (tertiary/aromatic N) is 3. The molecule has 1 heterocycles. The molecule has 0 atom stereocenters. The topological polar surface area (TPSA) is 90.9 Å². The summed E-state index contributed by atoms with van der Waals surface area (Å²) in [6.45, 7) is 4.12. The first kappa shape index (κ1) is 14.2. The van der Waals surface area contributed by atoms with Crippen LogP contribution in [0.25, 0.3) is 0 Å². The molecular formula is C14H18N4O2S. The van der Waals surface area contributed by atoms with Crippen LogP contribution in [0.2, 0.25) is 0 Å². The highest BCUT2D eigenvalue weighted by molar-refractivity contribution is 7.89. The van der Waals surface area contributed by atoms with Crippen LogP contribution in [0.1, 0.15) is 41.4 Å². The van der Waals surface area contributed by atoms with E-state index in [9.17, 15) is 8.42 Å². The normalized spacial score (nSPS) is 15.4. The zero-order valence-corrected chi connectivity index (χ0v) is 12.9. The third-order valence-corrected chi connectivity index (χ3v) is 4.62. The summed E-state index contributed by atoms with van der Waals surface area (Å²) in [5.74, 6) is 0.657. The molecule has 21 heavy (non-hydrogen) atoms. The molecule has 7 heteroatoms. The predicted molar refractivity (Wildman–Crippen MR) is 78.4 cm³/mol. The van der Waals surface area contributed by atoms with Gasteiger partial charge in [0.05, 0.1) is 0 Å². The number of rotatable bonds is 4. The molecule has 6 nitrogen and oxygen atoms in total. The van der Waals surface area contributed by atoms with E-state index in [1.165, 1.54) is 11.1 Å². The van der Waals surface area contributed by atoms with Gasteiger partial charge in [-0.1, -0.05) is 18.2 Å². The monoisotopic (exact) mass is 306 g/mol. The molecular weight excluding hydrogens is 288 g/mol. The summed E-state index contributed by atoms with van der Waals surface area (Å²) in [5, 5.41) is 12.9. The van der Waals surface area contributed by atoms with Crippen LogP contribution < -0.4 is 5.14 Å². The summed E-state index contributed by atoms with van der Waals surface area (Å²) >= 11 is 0. The third-order valence-electron chi connectivity index (χ3n) is 3.84. The second kappa shape index (κ2) is 4.92. The molecule has 3 rings (SSSR count). The van der Waals surface area contributed by atoms with Gasteiger partial charge < -0.3 is 0 Å². The summed E-state index contributed by atoms with van der Waals surface area (Å²) in [6.07, 6.45) is 2.45. The molecule has 1 aromatic carbocycles. The molecule has 0 spiro atoms. The van der Waals surface area contributed by atoms with Gasteiger partial charge in [-0.25, -0.2) is 13.6 Å². The number of nitrogens with two attached hydrogens (primary N) is 1. The second-order valence-electron chi connectivity index (χ2n) is 5.64.